The molecule has 6 heteroatoms. The fraction of sp³-hybridized carbons (Fsp3) is 0.571. The summed E-state index contributed by atoms with van der Waals surface area (Å²) in [5, 5.41) is 0.266. The summed E-state index contributed by atoms with van der Waals surface area (Å²) in [5.74, 6) is 0.619. The van der Waals surface area contributed by atoms with Crippen LogP contribution in [-0.4, -0.2) is 53.4 Å². The number of amides is 1. The van der Waals surface area contributed by atoms with Gasteiger partial charge in [0.2, 0.25) is 0 Å². The third-order valence-corrected chi connectivity index (χ3v) is 4.05. The Balaban J connectivity index is 2.00. The van der Waals surface area contributed by atoms with Crippen LogP contribution in [-0.2, 0) is 0 Å². The number of halogens is 2. The number of aromatic nitrogens is 1. The van der Waals surface area contributed by atoms with Crippen molar-refractivity contribution in [2.45, 2.75) is 13.8 Å². The van der Waals surface area contributed by atoms with Crippen molar-refractivity contribution in [3.05, 3.63) is 27.5 Å². The third-order valence-electron chi connectivity index (χ3n) is 3.32. The van der Waals surface area contributed by atoms with Crippen molar-refractivity contribution < 1.29 is 4.79 Å². The minimum atomic E-state index is -0.0343. The fourth-order valence-electron chi connectivity index (χ4n) is 2.39. The van der Waals surface area contributed by atoms with Crippen molar-refractivity contribution in [3.8, 4) is 0 Å². The van der Waals surface area contributed by atoms with Crippen LogP contribution in [0.2, 0.25) is 5.15 Å². The van der Waals surface area contributed by atoms with Crippen molar-refractivity contribution in [1.29, 1.82) is 0 Å². The topological polar surface area (TPSA) is 36.4 Å². The molecule has 20 heavy (non-hydrogen) atoms. The summed E-state index contributed by atoms with van der Waals surface area (Å²) in [6.45, 7) is 8.84. The molecule has 1 aliphatic rings. The Bertz CT molecular complexity index is 487. The van der Waals surface area contributed by atoms with E-state index in [4.69, 9.17) is 11.6 Å². The normalized spacial score (nSPS) is 16.8. The van der Waals surface area contributed by atoms with E-state index in [1.807, 2.05) is 4.90 Å². The molecule has 0 saturated carbocycles. The van der Waals surface area contributed by atoms with Crippen LogP contribution < -0.4 is 0 Å². The molecular weight excluding hydrogens is 342 g/mol. The van der Waals surface area contributed by atoms with E-state index < -0.39 is 0 Å². The Morgan fingerprint density at radius 1 is 1.40 bits per heavy atom. The number of nitrogens with zero attached hydrogens (tertiary/aromatic N) is 3. The van der Waals surface area contributed by atoms with E-state index in [0.717, 1.165) is 37.2 Å². The van der Waals surface area contributed by atoms with E-state index >= 15 is 0 Å². The van der Waals surface area contributed by atoms with Gasteiger partial charge in [-0.3, -0.25) is 9.69 Å². The second-order valence-corrected chi connectivity index (χ2v) is 6.75. The maximum Gasteiger partial charge on any atom is 0.257 e. The van der Waals surface area contributed by atoms with Crippen molar-refractivity contribution >= 4 is 33.4 Å². The lowest BCUT2D eigenvalue weighted by molar-refractivity contribution is 0.0623. The van der Waals surface area contributed by atoms with Gasteiger partial charge in [-0.1, -0.05) is 25.4 Å². The number of pyridine rings is 1. The van der Waals surface area contributed by atoms with Gasteiger partial charge in [-0.15, -0.1) is 0 Å². The molecule has 0 aromatic carbocycles. The molecule has 0 unspecified atom stereocenters. The van der Waals surface area contributed by atoms with Crippen molar-refractivity contribution in [2.75, 3.05) is 32.7 Å². The molecule has 1 aliphatic heterocycles. The molecule has 0 spiro atoms. The minimum absolute atomic E-state index is 0.0343. The maximum atomic E-state index is 12.5. The van der Waals surface area contributed by atoms with E-state index in [1.165, 1.54) is 0 Å². The molecule has 2 rings (SSSR count). The van der Waals surface area contributed by atoms with Gasteiger partial charge < -0.3 is 4.90 Å². The number of carbonyl (C=O) groups is 1. The predicted molar refractivity (Wildman–Crippen MR) is 84.1 cm³/mol. The number of hydrogen-bond donors (Lipinski definition) is 0. The largest absolute Gasteiger partial charge is 0.336 e. The lowest BCUT2D eigenvalue weighted by atomic mass is 10.1. The first-order chi connectivity index (χ1) is 9.47. The highest BCUT2D eigenvalue weighted by Crippen LogP contribution is 2.20. The lowest BCUT2D eigenvalue weighted by Gasteiger charge is -2.35. The van der Waals surface area contributed by atoms with E-state index in [2.05, 4.69) is 39.7 Å². The molecule has 0 aliphatic carbocycles. The van der Waals surface area contributed by atoms with Crippen LogP contribution in [0.1, 0.15) is 24.2 Å². The Morgan fingerprint density at radius 2 is 2.05 bits per heavy atom. The van der Waals surface area contributed by atoms with Crippen LogP contribution >= 0.6 is 27.5 Å². The minimum Gasteiger partial charge on any atom is -0.336 e. The molecule has 1 fully saturated rings. The van der Waals surface area contributed by atoms with Gasteiger partial charge in [0.1, 0.15) is 5.15 Å². The third kappa shape index (κ3) is 3.93. The zero-order valence-electron chi connectivity index (χ0n) is 11.8. The standard InChI is InChI=1S/C14H19BrClN3O/c1-10(2)9-18-3-5-19(6-4-18)14(20)12-7-11(15)8-17-13(12)16/h7-8,10H,3-6,9H2,1-2H3. The summed E-state index contributed by atoms with van der Waals surface area (Å²) in [6, 6.07) is 1.73. The van der Waals surface area contributed by atoms with Crippen LogP contribution in [0, 0.1) is 5.92 Å². The van der Waals surface area contributed by atoms with Gasteiger partial charge >= 0.3 is 0 Å². The molecule has 1 aromatic heterocycles. The second-order valence-electron chi connectivity index (χ2n) is 5.48. The van der Waals surface area contributed by atoms with Crippen LogP contribution in [0.5, 0.6) is 0 Å². The molecule has 1 saturated heterocycles. The van der Waals surface area contributed by atoms with Crippen molar-refractivity contribution in [3.63, 3.8) is 0 Å². The highest BCUT2D eigenvalue weighted by molar-refractivity contribution is 9.10. The van der Waals surface area contributed by atoms with E-state index in [0.29, 0.717) is 11.5 Å². The highest BCUT2D eigenvalue weighted by Gasteiger charge is 2.24. The molecule has 0 radical (unpaired) electrons. The SMILES string of the molecule is CC(C)CN1CCN(C(=O)c2cc(Br)cnc2Cl)CC1. The Labute approximate surface area is 133 Å². The van der Waals surface area contributed by atoms with Gasteiger partial charge in [-0.05, 0) is 27.9 Å². The van der Waals surface area contributed by atoms with Crippen LogP contribution in [0.3, 0.4) is 0 Å². The first kappa shape index (κ1) is 15.7. The number of piperazine rings is 1. The number of carbonyl (C=O) groups excluding carboxylic acids is 1. The van der Waals surface area contributed by atoms with Crippen LogP contribution in [0.4, 0.5) is 0 Å². The summed E-state index contributed by atoms with van der Waals surface area (Å²) in [6.07, 6.45) is 1.60. The average molecular weight is 361 g/mol. The summed E-state index contributed by atoms with van der Waals surface area (Å²) in [4.78, 5) is 20.7. The molecule has 0 N–H and O–H groups in total. The second kappa shape index (κ2) is 6.87. The zero-order chi connectivity index (χ0) is 14.7. The smallest absolute Gasteiger partial charge is 0.257 e. The summed E-state index contributed by atoms with van der Waals surface area (Å²) < 4.78 is 0.767. The Hall–Kier alpha value is -0.650. The van der Waals surface area contributed by atoms with E-state index in [-0.39, 0.29) is 11.1 Å². The summed E-state index contributed by atoms with van der Waals surface area (Å²) in [7, 11) is 0. The molecule has 1 amide bonds. The van der Waals surface area contributed by atoms with Crippen LogP contribution in [0.15, 0.2) is 16.7 Å². The number of rotatable bonds is 3. The Morgan fingerprint density at radius 3 is 2.65 bits per heavy atom. The Kier molecular flexibility index (Phi) is 5.41. The molecule has 4 nitrogen and oxygen atoms in total. The van der Waals surface area contributed by atoms with Crippen molar-refractivity contribution in [1.82, 2.24) is 14.8 Å². The average Bonchev–Trinajstić information content (AvgIpc) is 2.41. The quantitative estimate of drug-likeness (QED) is 0.778. The molecule has 1 aromatic rings. The number of hydrogen-bond acceptors (Lipinski definition) is 3. The van der Waals surface area contributed by atoms with Gasteiger partial charge in [-0.25, -0.2) is 4.98 Å². The van der Waals surface area contributed by atoms with E-state index in [9.17, 15) is 4.79 Å². The zero-order valence-corrected chi connectivity index (χ0v) is 14.1. The summed E-state index contributed by atoms with van der Waals surface area (Å²) >= 11 is 9.34. The van der Waals surface area contributed by atoms with Gasteiger partial charge in [0.15, 0.2) is 0 Å². The highest BCUT2D eigenvalue weighted by atomic mass is 79.9. The van der Waals surface area contributed by atoms with Gasteiger partial charge in [0, 0.05) is 43.4 Å². The molecule has 110 valence electrons. The van der Waals surface area contributed by atoms with Crippen molar-refractivity contribution in [2.24, 2.45) is 5.92 Å². The first-order valence-corrected chi connectivity index (χ1v) is 7.97. The van der Waals surface area contributed by atoms with Gasteiger partial charge in [0.25, 0.3) is 5.91 Å². The summed E-state index contributed by atoms with van der Waals surface area (Å²) in [5.41, 5.74) is 0.471. The predicted octanol–water partition coefficient (Wildman–Crippen LogP) is 2.91. The molecule has 0 bridgehead atoms. The van der Waals surface area contributed by atoms with Crippen LogP contribution in [0.25, 0.3) is 0 Å². The lowest BCUT2D eigenvalue weighted by Crippen LogP contribution is -2.49. The first-order valence-electron chi connectivity index (χ1n) is 6.80. The molecule has 2 heterocycles. The van der Waals surface area contributed by atoms with E-state index in [1.54, 1.807) is 12.3 Å². The van der Waals surface area contributed by atoms with Gasteiger partial charge in [-0.2, -0.15) is 0 Å². The fourth-order valence-corrected chi connectivity index (χ4v) is 2.91. The maximum absolute atomic E-state index is 12.5. The van der Waals surface area contributed by atoms with Gasteiger partial charge in [0.05, 0.1) is 5.56 Å². The molecule has 0 atom stereocenters. The molecular formula is C14H19BrClN3O. The monoisotopic (exact) mass is 359 g/mol.